The van der Waals surface area contributed by atoms with Crippen molar-refractivity contribution in [2.24, 2.45) is 0 Å². The molecule has 1 fully saturated rings. The molecule has 0 radical (unpaired) electrons. The lowest BCUT2D eigenvalue weighted by atomic mass is 9.98. The molecule has 6 unspecified atom stereocenters. The molecule has 1 aliphatic heterocycles. The fourth-order valence-electron chi connectivity index (χ4n) is 8.63. The van der Waals surface area contributed by atoms with Crippen LogP contribution in [0.5, 0.6) is 0 Å². The third kappa shape index (κ3) is 42.3. The molecule has 0 aromatic rings. The summed E-state index contributed by atoms with van der Waals surface area (Å²) in [6, 6.07) is 0. The van der Waals surface area contributed by atoms with Crippen molar-refractivity contribution in [3.05, 3.63) is 97.2 Å². The van der Waals surface area contributed by atoms with Gasteiger partial charge in [-0.2, -0.15) is 0 Å². The molecule has 77 heavy (non-hydrogen) atoms. The Labute approximate surface area is 466 Å². The van der Waals surface area contributed by atoms with Gasteiger partial charge in [0.25, 0.3) is 0 Å². The summed E-state index contributed by atoms with van der Waals surface area (Å²) in [5.74, 6) is -3.31. The van der Waals surface area contributed by atoms with E-state index < -0.39 is 67.3 Å². The average Bonchev–Trinajstić information content (AvgIpc) is 3.43. The maximum absolute atomic E-state index is 13.1. The van der Waals surface area contributed by atoms with Crippen molar-refractivity contribution in [2.45, 2.75) is 276 Å². The summed E-state index contributed by atoms with van der Waals surface area (Å²) < 4.78 is 28.3. The first kappa shape index (κ1) is 70.7. The summed E-state index contributed by atoms with van der Waals surface area (Å²) in [6.07, 6.45) is 56.9. The van der Waals surface area contributed by atoms with Gasteiger partial charge in [-0.15, -0.1) is 0 Å². The number of hydrogen-bond donors (Lipinski definition) is 3. The number of allylic oxidation sites excluding steroid dienone is 15. The van der Waals surface area contributed by atoms with Crippen LogP contribution in [0.1, 0.15) is 239 Å². The van der Waals surface area contributed by atoms with Crippen LogP contribution in [0.3, 0.4) is 0 Å². The van der Waals surface area contributed by atoms with E-state index in [0.717, 1.165) is 96.3 Å². The molecule has 1 heterocycles. The van der Waals surface area contributed by atoms with Crippen LogP contribution < -0.4 is 0 Å². The summed E-state index contributed by atoms with van der Waals surface area (Å²) in [5.41, 5.74) is 0. The molecule has 438 valence electrons. The standard InChI is InChI=1S/C65H106O12/c1-4-7-10-13-16-19-22-25-28-29-32-33-36-39-42-45-48-51-57(66)73-54-56(75-58(67)52-49-46-43-40-37-34-30-26-23-20-17-14-11-8-5-2)55-74-65-63(61(70)60(69)62(77-65)64(71)72)76-59(68)53-50-47-44-41-38-35-31-27-24-21-18-15-12-9-6-3/h8-9,11-12,17-18,20-21,26-27,30-31,37,40,46,49,56,60-63,65,69-70H,4-7,10,13-16,19,22-25,28-29,32-36,38-39,41-45,47-48,50-55H2,1-3H3,(H,71,72)/b11-8-,12-9-,20-17-,21-18-,30-26-,31-27-,40-37-,49-46-. The Kier molecular flexibility index (Phi) is 48.0. The Morgan fingerprint density at radius 3 is 1.31 bits per heavy atom. The van der Waals surface area contributed by atoms with Crippen molar-refractivity contribution >= 4 is 23.9 Å². The molecule has 1 rings (SSSR count). The van der Waals surface area contributed by atoms with Crippen molar-refractivity contribution in [2.75, 3.05) is 13.2 Å². The van der Waals surface area contributed by atoms with Crippen molar-refractivity contribution in [1.82, 2.24) is 0 Å². The Morgan fingerprint density at radius 1 is 0.455 bits per heavy atom. The molecule has 6 atom stereocenters. The Balaban J connectivity index is 2.74. The highest BCUT2D eigenvalue weighted by atomic mass is 16.7. The SMILES string of the molecule is CC/C=C\C/C=C\C/C=C\C/C=C\C/C=C\CC(=O)OC(COC(=O)CCCCCCCCCCCCCCCCCCC)COC1OC(C(=O)O)C(O)C(O)C1OC(=O)CCCCCCC/C=C\C/C=C\C/C=C\CC. The number of carboxylic acids is 1. The zero-order chi connectivity index (χ0) is 56.1. The highest BCUT2D eigenvalue weighted by Gasteiger charge is 2.50. The zero-order valence-corrected chi connectivity index (χ0v) is 48.2. The number of hydrogen-bond acceptors (Lipinski definition) is 11. The van der Waals surface area contributed by atoms with Crippen LogP contribution in [-0.2, 0) is 42.9 Å². The predicted molar refractivity (Wildman–Crippen MR) is 312 cm³/mol. The number of carbonyl (C=O) groups excluding carboxylic acids is 3. The third-order valence-electron chi connectivity index (χ3n) is 13.2. The van der Waals surface area contributed by atoms with Crippen molar-refractivity contribution < 1.29 is 58.2 Å². The quantitative estimate of drug-likeness (QED) is 0.0228. The summed E-state index contributed by atoms with van der Waals surface area (Å²) in [6.45, 7) is 5.68. The largest absolute Gasteiger partial charge is 0.479 e. The lowest BCUT2D eigenvalue weighted by Crippen LogP contribution is -2.61. The van der Waals surface area contributed by atoms with Crippen LogP contribution in [0, 0.1) is 0 Å². The highest BCUT2D eigenvalue weighted by molar-refractivity contribution is 5.74. The number of rotatable bonds is 50. The van der Waals surface area contributed by atoms with Gasteiger partial charge in [0.05, 0.1) is 13.0 Å². The number of carboxylic acid groups (broad SMARTS) is 1. The Morgan fingerprint density at radius 2 is 0.857 bits per heavy atom. The van der Waals surface area contributed by atoms with Crippen LogP contribution in [0.25, 0.3) is 0 Å². The molecule has 0 amide bonds. The van der Waals surface area contributed by atoms with Crippen LogP contribution in [0.15, 0.2) is 97.2 Å². The highest BCUT2D eigenvalue weighted by Crippen LogP contribution is 2.26. The first-order chi connectivity index (χ1) is 37.6. The number of aliphatic hydroxyl groups is 2. The van der Waals surface area contributed by atoms with Gasteiger partial charge >= 0.3 is 23.9 Å². The molecule has 1 saturated heterocycles. The minimum absolute atomic E-state index is 0.0273. The van der Waals surface area contributed by atoms with E-state index in [0.29, 0.717) is 19.3 Å². The number of unbranched alkanes of at least 4 members (excludes halogenated alkanes) is 21. The second-order valence-electron chi connectivity index (χ2n) is 20.2. The van der Waals surface area contributed by atoms with E-state index in [1.54, 1.807) is 6.08 Å². The number of aliphatic carboxylic acids is 1. The number of ether oxygens (including phenoxy) is 5. The number of esters is 3. The molecule has 12 heteroatoms. The van der Waals surface area contributed by atoms with Crippen molar-refractivity contribution in [3.63, 3.8) is 0 Å². The minimum atomic E-state index is -1.93. The van der Waals surface area contributed by atoms with E-state index in [9.17, 15) is 34.5 Å². The van der Waals surface area contributed by atoms with Crippen LogP contribution >= 0.6 is 0 Å². The van der Waals surface area contributed by atoms with E-state index in [-0.39, 0.29) is 25.9 Å². The summed E-state index contributed by atoms with van der Waals surface area (Å²) in [4.78, 5) is 51.1. The van der Waals surface area contributed by atoms with Gasteiger partial charge in [0.1, 0.15) is 18.8 Å². The van der Waals surface area contributed by atoms with Gasteiger partial charge in [0, 0.05) is 12.8 Å². The van der Waals surface area contributed by atoms with Gasteiger partial charge in [-0.25, -0.2) is 4.79 Å². The first-order valence-electron chi connectivity index (χ1n) is 30.2. The van der Waals surface area contributed by atoms with E-state index >= 15 is 0 Å². The van der Waals surface area contributed by atoms with E-state index in [1.807, 2.05) is 12.2 Å². The van der Waals surface area contributed by atoms with E-state index in [4.69, 9.17) is 23.7 Å². The maximum atomic E-state index is 13.1. The monoisotopic (exact) mass is 1080 g/mol. The molecule has 0 saturated carbocycles. The molecule has 0 aromatic carbocycles. The Bertz CT molecular complexity index is 1710. The molecular weight excluding hydrogens is 973 g/mol. The molecular formula is C65H106O12. The predicted octanol–water partition coefficient (Wildman–Crippen LogP) is 15.7. The number of carbonyl (C=O) groups is 4. The molecule has 1 aliphatic rings. The van der Waals surface area contributed by atoms with Gasteiger partial charge in [-0.05, 0) is 77.0 Å². The second-order valence-corrected chi connectivity index (χ2v) is 20.2. The smallest absolute Gasteiger partial charge is 0.335 e. The van der Waals surface area contributed by atoms with Crippen LogP contribution in [-0.4, -0.2) is 89.2 Å². The van der Waals surface area contributed by atoms with Crippen molar-refractivity contribution in [3.8, 4) is 0 Å². The summed E-state index contributed by atoms with van der Waals surface area (Å²) in [5, 5.41) is 31.5. The van der Waals surface area contributed by atoms with Crippen LogP contribution in [0.2, 0.25) is 0 Å². The molecule has 0 aliphatic carbocycles. The van der Waals surface area contributed by atoms with Crippen LogP contribution in [0.4, 0.5) is 0 Å². The number of aliphatic hydroxyl groups excluding tert-OH is 2. The average molecular weight is 1080 g/mol. The van der Waals surface area contributed by atoms with E-state index in [2.05, 4.69) is 99.8 Å². The molecule has 12 nitrogen and oxygen atoms in total. The molecule has 0 bridgehead atoms. The fraction of sp³-hybridized carbons (Fsp3) is 0.692. The van der Waals surface area contributed by atoms with Gasteiger partial charge in [0.15, 0.2) is 24.6 Å². The lowest BCUT2D eigenvalue weighted by molar-refractivity contribution is -0.301. The molecule has 0 aromatic heterocycles. The van der Waals surface area contributed by atoms with Gasteiger partial charge in [-0.1, -0.05) is 240 Å². The minimum Gasteiger partial charge on any atom is -0.479 e. The second kappa shape index (κ2) is 52.3. The van der Waals surface area contributed by atoms with E-state index in [1.165, 1.54) is 83.5 Å². The summed E-state index contributed by atoms with van der Waals surface area (Å²) >= 11 is 0. The van der Waals surface area contributed by atoms with Gasteiger partial charge in [-0.3, -0.25) is 14.4 Å². The van der Waals surface area contributed by atoms with Crippen molar-refractivity contribution in [1.29, 1.82) is 0 Å². The van der Waals surface area contributed by atoms with Gasteiger partial charge < -0.3 is 39.0 Å². The summed E-state index contributed by atoms with van der Waals surface area (Å²) in [7, 11) is 0. The Hall–Kier alpha value is -4.36. The normalized spacial score (nSPS) is 18.7. The fourth-order valence-corrected chi connectivity index (χ4v) is 8.63. The zero-order valence-electron chi connectivity index (χ0n) is 48.2. The topological polar surface area (TPSA) is 175 Å². The van der Waals surface area contributed by atoms with Gasteiger partial charge in [0.2, 0.25) is 0 Å². The molecule has 0 spiro atoms. The molecule has 3 N–H and O–H groups in total. The maximum Gasteiger partial charge on any atom is 0.335 e. The first-order valence-corrected chi connectivity index (χ1v) is 30.2. The lowest BCUT2D eigenvalue weighted by Gasteiger charge is -2.40. The third-order valence-corrected chi connectivity index (χ3v) is 13.2.